The second-order valence-electron chi connectivity index (χ2n) is 5.81. The Morgan fingerprint density at radius 3 is 2.58 bits per heavy atom. The van der Waals surface area contributed by atoms with Gasteiger partial charge < -0.3 is 5.32 Å². The van der Waals surface area contributed by atoms with Crippen molar-refractivity contribution < 1.29 is 4.79 Å². The van der Waals surface area contributed by atoms with Crippen molar-refractivity contribution in [1.29, 1.82) is 5.26 Å². The summed E-state index contributed by atoms with van der Waals surface area (Å²) < 4.78 is 1.25. The predicted molar refractivity (Wildman–Crippen MR) is 97.9 cm³/mol. The summed E-state index contributed by atoms with van der Waals surface area (Å²) in [6.07, 6.45) is 0. The van der Waals surface area contributed by atoms with E-state index >= 15 is 0 Å². The Kier molecular flexibility index (Phi) is 4.90. The van der Waals surface area contributed by atoms with Gasteiger partial charge in [-0.1, -0.05) is 42.0 Å². The molecule has 0 unspecified atom stereocenters. The molecular formula is C20H16N4O2. The molecule has 3 aromatic rings. The fourth-order valence-electron chi connectivity index (χ4n) is 2.43. The Morgan fingerprint density at radius 1 is 1.12 bits per heavy atom. The standard InChI is InChI=1S/C20H16N4O2/c1-14-6-8-15(9-7-14)13-24-19(25)11-10-18(23-24)20(26)22-17-5-3-2-4-16(17)12-21/h2-11H,13H2,1H3,(H,22,26). The maximum absolute atomic E-state index is 12.4. The summed E-state index contributed by atoms with van der Waals surface area (Å²) in [5.41, 5.74) is 2.60. The summed E-state index contributed by atoms with van der Waals surface area (Å²) in [5.74, 6) is -0.481. The number of aryl methyl sites for hydroxylation is 1. The lowest BCUT2D eigenvalue weighted by Gasteiger charge is -2.09. The van der Waals surface area contributed by atoms with Crippen LogP contribution in [0.2, 0.25) is 0 Å². The van der Waals surface area contributed by atoms with E-state index in [1.165, 1.54) is 16.8 Å². The van der Waals surface area contributed by atoms with E-state index < -0.39 is 5.91 Å². The van der Waals surface area contributed by atoms with Crippen molar-refractivity contribution in [2.75, 3.05) is 5.32 Å². The molecule has 1 aromatic heterocycles. The van der Waals surface area contributed by atoms with E-state index in [9.17, 15) is 9.59 Å². The number of benzene rings is 2. The molecule has 128 valence electrons. The number of nitrogens with zero attached hydrogens (tertiary/aromatic N) is 3. The molecule has 0 saturated carbocycles. The molecule has 2 aromatic carbocycles. The van der Waals surface area contributed by atoms with Gasteiger partial charge in [-0.25, -0.2) is 4.68 Å². The Bertz CT molecular complexity index is 1050. The average Bonchev–Trinajstić information content (AvgIpc) is 2.65. The minimum atomic E-state index is -0.481. The van der Waals surface area contributed by atoms with E-state index in [4.69, 9.17) is 5.26 Å². The third-order valence-corrected chi connectivity index (χ3v) is 3.85. The summed E-state index contributed by atoms with van der Waals surface area (Å²) in [6.45, 7) is 2.26. The highest BCUT2D eigenvalue weighted by molar-refractivity contribution is 6.03. The first kappa shape index (κ1) is 17.1. The van der Waals surface area contributed by atoms with Gasteiger partial charge in [0.05, 0.1) is 17.8 Å². The largest absolute Gasteiger partial charge is 0.319 e. The fraction of sp³-hybridized carbons (Fsp3) is 0.100. The summed E-state index contributed by atoms with van der Waals surface area (Å²) in [5, 5.41) is 15.9. The Labute approximate surface area is 150 Å². The molecule has 0 aliphatic carbocycles. The van der Waals surface area contributed by atoms with Crippen LogP contribution in [0, 0.1) is 18.3 Å². The number of aromatic nitrogens is 2. The SMILES string of the molecule is Cc1ccc(Cn2nc(C(=O)Nc3ccccc3C#N)ccc2=O)cc1. The van der Waals surface area contributed by atoms with Crippen LogP contribution in [0.3, 0.4) is 0 Å². The van der Waals surface area contributed by atoms with Crippen LogP contribution in [0.15, 0.2) is 65.5 Å². The van der Waals surface area contributed by atoms with Crippen molar-refractivity contribution in [3.8, 4) is 6.07 Å². The summed E-state index contributed by atoms with van der Waals surface area (Å²) in [7, 11) is 0. The first-order valence-electron chi connectivity index (χ1n) is 8.01. The Balaban J connectivity index is 1.84. The van der Waals surface area contributed by atoms with E-state index in [0.717, 1.165) is 11.1 Å². The van der Waals surface area contributed by atoms with E-state index in [-0.39, 0.29) is 17.8 Å². The summed E-state index contributed by atoms with van der Waals surface area (Å²) >= 11 is 0. The van der Waals surface area contributed by atoms with Gasteiger partial charge in [-0.05, 0) is 30.7 Å². The molecule has 6 heteroatoms. The van der Waals surface area contributed by atoms with Gasteiger partial charge in [0.2, 0.25) is 0 Å². The minimum Gasteiger partial charge on any atom is -0.319 e. The van der Waals surface area contributed by atoms with Crippen molar-refractivity contribution in [2.24, 2.45) is 0 Å². The molecule has 6 nitrogen and oxygen atoms in total. The molecule has 1 heterocycles. The molecule has 0 aliphatic rings. The van der Waals surface area contributed by atoms with Crippen molar-refractivity contribution in [3.05, 3.63) is 93.4 Å². The average molecular weight is 344 g/mol. The highest BCUT2D eigenvalue weighted by Gasteiger charge is 2.12. The highest BCUT2D eigenvalue weighted by Crippen LogP contribution is 2.14. The highest BCUT2D eigenvalue weighted by atomic mass is 16.2. The quantitative estimate of drug-likeness (QED) is 0.788. The van der Waals surface area contributed by atoms with Crippen LogP contribution in [-0.2, 0) is 6.54 Å². The molecule has 0 atom stereocenters. The van der Waals surface area contributed by atoms with Gasteiger partial charge in [0, 0.05) is 6.07 Å². The monoisotopic (exact) mass is 344 g/mol. The van der Waals surface area contributed by atoms with Gasteiger partial charge >= 0.3 is 0 Å². The van der Waals surface area contributed by atoms with Gasteiger partial charge in [0.1, 0.15) is 11.8 Å². The molecule has 0 spiro atoms. The summed E-state index contributed by atoms with van der Waals surface area (Å²) in [6, 6.07) is 19.1. The number of hydrogen-bond acceptors (Lipinski definition) is 4. The third-order valence-electron chi connectivity index (χ3n) is 3.85. The predicted octanol–water partition coefficient (Wildman–Crippen LogP) is 2.72. The van der Waals surface area contributed by atoms with E-state index in [2.05, 4.69) is 10.4 Å². The van der Waals surface area contributed by atoms with Crippen LogP contribution < -0.4 is 10.9 Å². The van der Waals surface area contributed by atoms with Gasteiger partial charge in [-0.15, -0.1) is 0 Å². The zero-order chi connectivity index (χ0) is 18.5. The second-order valence-corrected chi connectivity index (χ2v) is 5.81. The number of rotatable bonds is 4. The number of carbonyl (C=O) groups is 1. The lowest BCUT2D eigenvalue weighted by Crippen LogP contribution is -2.26. The molecule has 1 amide bonds. The maximum Gasteiger partial charge on any atom is 0.276 e. The van der Waals surface area contributed by atoms with Crippen molar-refractivity contribution >= 4 is 11.6 Å². The zero-order valence-electron chi connectivity index (χ0n) is 14.1. The van der Waals surface area contributed by atoms with E-state index in [1.807, 2.05) is 37.3 Å². The molecule has 1 N–H and O–H groups in total. The first-order valence-corrected chi connectivity index (χ1v) is 8.01. The summed E-state index contributed by atoms with van der Waals surface area (Å²) in [4.78, 5) is 24.5. The van der Waals surface area contributed by atoms with Gasteiger partial charge in [0.15, 0.2) is 0 Å². The third kappa shape index (κ3) is 3.84. The molecule has 0 aliphatic heterocycles. The van der Waals surface area contributed by atoms with Crippen molar-refractivity contribution in [3.63, 3.8) is 0 Å². The minimum absolute atomic E-state index is 0.101. The molecule has 0 radical (unpaired) electrons. The fourth-order valence-corrected chi connectivity index (χ4v) is 2.43. The smallest absolute Gasteiger partial charge is 0.276 e. The molecule has 0 bridgehead atoms. The van der Waals surface area contributed by atoms with Gasteiger partial charge in [-0.3, -0.25) is 9.59 Å². The molecular weight excluding hydrogens is 328 g/mol. The lowest BCUT2D eigenvalue weighted by atomic mass is 10.1. The van der Waals surface area contributed by atoms with Crippen molar-refractivity contribution in [2.45, 2.75) is 13.5 Å². The number of carbonyl (C=O) groups excluding carboxylic acids is 1. The van der Waals surface area contributed by atoms with Crippen LogP contribution >= 0.6 is 0 Å². The van der Waals surface area contributed by atoms with Crippen molar-refractivity contribution in [1.82, 2.24) is 9.78 Å². The number of para-hydroxylation sites is 1. The number of anilines is 1. The number of nitriles is 1. The molecule has 0 fully saturated rings. The number of nitrogens with one attached hydrogen (secondary N) is 1. The molecule has 0 saturated heterocycles. The van der Waals surface area contributed by atoms with Gasteiger partial charge in [0.25, 0.3) is 11.5 Å². The van der Waals surface area contributed by atoms with Crippen LogP contribution in [-0.4, -0.2) is 15.7 Å². The Hall–Kier alpha value is -3.72. The van der Waals surface area contributed by atoms with Crippen LogP contribution in [0.1, 0.15) is 27.2 Å². The second kappa shape index (κ2) is 7.45. The number of amides is 1. The van der Waals surface area contributed by atoms with Crippen LogP contribution in [0.5, 0.6) is 0 Å². The first-order chi connectivity index (χ1) is 12.6. The topological polar surface area (TPSA) is 87.8 Å². The number of hydrogen-bond donors (Lipinski definition) is 1. The van der Waals surface area contributed by atoms with Crippen LogP contribution in [0.25, 0.3) is 0 Å². The normalized spacial score (nSPS) is 10.2. The van der Waals surface area contributed by atoms with E-state index in [0.29, 0.717) is 11.3 Å². The Morgan fingerprint density at radius 2 is 1.85 bits per heavy atom. The molecule has 3 rings (SSSR count). The maximum atomic E-state index is 12.4. The zero-order valence-corrected chi connectivity index (χ0v) is 14.1. The van der Waals surface area contributed by atoms with Gasteiger partial charge in [-0.2, -0.15) is 10.4 Å². The molecule has 26 heavy (non-hydrogen) atoms. The van der Waals surface area contributed by atoms with Crippen LogP contribution in [0.4, 0.5) is 5.69 Å². The van der Waals surface area contributed by atoms with E-state index in [1.54, 1.807) is 24.3 Å². The lowest BCUT2D eigenvalue weighted by molar-refractivity contribution is 0.102.